The van der Waals surface area contributed by atoms with Gasteiger partial charge in [0.1, 0.15) is 17.3 Å². The van der Waals surface area contributed by atoms with Crippen molar-refractivity contribution in [3.8, 4) is 11.5 Å². The monoisotopic (exact) mass is 452 g/mol. The highest BCUT2D eigenvalue weighted by molar-refractivity contribution is 6.29. The maximum absolute atomic E-state index is 12.8. The van der Waals surface area contributed by atoms with Gasteiger partial charge in [-0.1, -0.05) is 28.9 Å². The Labute approximate surface area is 190 Å². The van der Waals surface area contributed by atoms with Gasteiger partial charge in [0, 0.05) is 37.8 Å². The number of benzene rings is 2. The first kappa shape index (κ1) is 21.6. The zero-order valence-corrected chi connectivity index (χ0v) is 18.6. The zero-order valence-electron chi connectivity index (χ0n) is 17.8. The first-order valence-corrected chi connectivity index (χ1v) is 10.4. The summed E-state index contributed by atoms with van der Waals surface area (Å²) >= 11 is 5.71. The molecule has 0 amide bonds. The fraction of sp³-hybridized carbons (Fsp3) is 0.208. The molecule has 2 aromatic carbocycles. The molecule has 0 saturated carbocycles. The van der Waals surface area contributed by atoms with Crippen LogP contribution in [0.25, 0.3) is 6.08 Å². The van der Waals surface area contributed by atoms with Crippen molar-refractivity contribution in [3.05, 3.63) is 75.8 Å². The van der Waals surface area contributed by atoms with Crippen LogP contribution in [0.2, 0.25) is 5.15 Å². The van der Waals surface area contributed by atoms with Crippen LogP contribution in [0.5, 0.6) is 11.5 Å². The number of hydrogen-bond acceptors (Lipinski definition) is 7. The molecule has 0 atom stereocenters. The summed E-state index contributed by atoms with van der Waals surface area (Å²) in [6.45, 7) is 1.75. The van der Waals surface area contributed by atoms with Gasteiger partial charge in [0.25, 0.3) is 0 Å². The Hall–Kier alpha value is -3.58. The lowest BCUT2D eigenvalue weighted by Gasteiger charge is -2.12. The van der Waals surface area contributed by atoms with Crippen molar-refractivity contribution >= 4 is 35.1 Å². The Morgan fingerprint density at radius 2 is 1.94 bits per heavy atom. The molecule has 0 fully saturated rings. The molecule has 1 aliphatic rings. The normalized spacial score (nSPS) is 13.8. The molecule has 1 aromatic heterocycles. The summed E-state index contributed by atoms with van der Waals surface area (Å²) in [4.78, 5) is 27.0. The molecule has 0 unspecified atom stereocenters. The standard InChI is InChI=1S/C24H21ClN2O5/c1-14-19(30-22(28)11-8-17-13-21(25)26-32-17)10-9-18-23(29)20(31-24(14)18)12-15-4-6-16(7-5-15)27(2)3/h4-7,9-10,12-13H,8,11H2,1-3H3/b20-12-. The van der Waals surface area contributed by atoms with E-state index >= 15 is 0 Å². The van der Waals surface area contributed by atoms with Crippen LogP contribution in [-0.4, -0.2) is 31.0 Å². The lowest BCUT2D eigenvalue weighted by atomic mass is 10.1. The number of carbonyl (C=O) groups is 2. The summed E-state index contributed by atoms with van der Waals surface area (Å²) < 4.78 is 16.3. The second kappa shape index (κ2) is 8.88. The summed E-state index contributed by atoms with van der Waals surface area (Å²) in [5.41, 5.74) is 2.93. The van der Waals surface area contributed by atoms with Gasteiger partial charge in [0.2, 0.25) is 5.78 Å². The van der Waals surface area contributed by atoms with Gasteiger partial charge in [-0.2, -0.15) is 0 Å². The van der Waals surface area contributed by atoms with Gasteiger partial charge in [-0.15, -0.1) is 0 Å². The summed E-state index contributed by atoms with van der Waals surface area (Å²) in [5.74, 6) is 0.819. The fourth-order valence-corrected chi connectivity index (χ4v) is 3.46. The first-order chi connectivity index (χ1) is 15.3. The Morgan fingerprint density at radius 3 is 2.59 bits per heavy atom. The third kappa shape index (κ3) is 4.53. The number of allylic oxidation sites excluding steroid dienone is 1. The average molecular weight is 453 g/mol. The second-order valence-electron chi connectivity index (χ2n) is 7.58. The van der Waals surface area contributed by atoms with Crippen LogP contribution < -0.4 is 14.4 Å². The quantitative estimate of drug-likeness (QED) is 0.300. The maximum Gasteiger partial charge on any atom is 0.311 e. The second-order valence-corrected chi connectivity index (χ2v) is 7.97. The fourth-order valence-electron chi connectivity index (χ4n) is 3.30. The van der Waals surface area contributed by atoms with Gasteiger partial charge < -0.3 is 18.9 Å². The molecule has 32 heavy (non-hydrogen) atoms. The number of nitrogens with zero attached hydrogens (tertiary/aromatic N) is 2. The molecule has 0 bridgehead atoms. The molecule has 0 saturated heterocycles. The maximum atomic E-state index is 12.8. The van der Waals surface area contributed by atoms with Crippen molar-refractivity contribution < 1.29 is 23.6 Å². The van der Waals surface area contributed by atoms with E-state index in [2.05, 4.69) is 5.16 Å². The summed E-state index contributed by atoms with van der Waals surface area (Å²) in [5, 5.41) is 3.81. The zero-order chi connectivity index (χ0) is 22.8. The SMILES string of the molecule is Cc1c(OC(=O)CCc2cc(Cl)no2)ccc2c1O/C(=C\c1ccc(N(C)C)cc1)C2=O. The molecule has 7 nitrogen and oxygen atoms in total. The van der Waals surface area contributed by atoms with Crippen LogP contribution in [0.15, 0.2) is 52.7 Å². The lowest BCUT2D eigenvalue weighted by molar-refractivity contribution is -0.134. The van der Waals surface area contributed by atoms with E-state index in [1.165, 1.54) is 0 Å². The number of ether oxygens (including phenoxy) is 2. The number of rotatable bonds is 6. The van der Waals surface area contributed by atoms with Crippen molar-refractivity contribution in [1.82, 2.24) is 5.16 Å². The minimum atomic E-state index is -0.443. The molecule has 0 aliphatic carbocycles. The average Bonchev–Trinajstić information content (AvgIpc) is 3.32. The third-order valence-electron chi connectivity index (χ3n) is 5.07. The van der Waals surface area contributed by atoms with Gasteiger partial charge in [0.05, 0.1) is 12.0 Å². The highest BCUT2D eigenvalue weighted by Crippen LogP contribution is 2.39. The summed E-state index contributed by atoms with van der Waals surface area (Å²) in [7, 11) is 3.93. The Morgan fingerprint density at radius 1 is 1.19 bits per heavy atom. The van der Waals surface area contributed by atoms with E-state index in [4.69, 9.17) is 25.6 Å². The van der Waals surface area contributed by atoms with Crippen LogP contribution in [0.3, 0.4) is 0 Å². The van der Waals surface area contributed by atoms with Gasteiger partial charge in [-0.25, -0.2) is 0 Å². The van der Waals surface area contributed by atoms with E-state index in [9.17, 15) is 9.59 Å². The number of esters is 1. The Kier molecular flexibility index (Phi) is 6.01. The molecule has 0 N–H and O–H groups in total. The van der Waals surface area contributed by atoms with E-state index in [-0.39, 0.29) is 23.1 Å². The molecule has 164 valence electrons. The number of halogens is 1. The largest absolute Gasteiger partial charge is 0.452 e. The van der Waals surface area contributed by atoms with Crippen LogP contribution in [0, 0.1) is 6.92 Å². The summed E-state index contributed by atoms with van der Waals surface area (Å²) in [6.07, 6.45) is 2.11. The molecule has 0 radical (unpaired) electrons. The van der Waals surface area contributed by atoms with Gasteiger partial charge >= 0.3 is 5.97 Å². The van der Waals surface area contributed by atoms with Crippen molar-refractivity contribution in [3.63, 3.8) is 0 Å². The molecule has 8 heteroatoms. The van der Waals surface area contributed by atoms with E-state index in [1.54, 1.807) is 31.2 Å². The molecule has 0 spiro atoms. The van der Waals surface area contributed by atoms with Crippen LogP contribution in [0.4, 0.5) is 5.69 Å². The number of aromatic nitrogens is 1. The highest BCUT2D eigenvalue weighted by Gasteiger charge is 2.30. The molecule has 1 aliphatic heterocycles. The van der Waals surface area contributed by atoms with Crippen LogP contribution in [0.1, 0.15) is 33.7 Å². The van der Waals surface area contributed by atoms with Crippen LogP contribution >= 0.6 is 11.6 Å². The molecule has 2 heterocycles. The van der Waals surface area contributed by atoms with Crippen molar-refractivity contribution in [2.24, 2.45) is 0 Å². The minimum absolute atomic E-state index is 0.0932. The molecular formula is C24H21ClN2O5. The number of ketones is 1. The summed E-state index contributed by atoms with van der Waals surface area (Å²) in [6, 6.07) is 12.5. The predicted octanol–water partition coefficient (Wildman–Crippen LogP) is 4.86. The number of anilines is 1. The number of hydrogen-bond donors (Lipinski definition) is 0. The van der Waals surface area contributed by atoms with Gasteiger partial charge in [-0.3, -0.25) is 9.59 Å². The number of fused-ring (bicyclic) bond motifs is 1. The lowest BCUT2D eigenvalue weighted by Crippen LogP contribution is -2.10. The topological polar surface area (TPSA) is 81.9 Å². The minimum Gasteiger partial charge on any atom is -0.452 e. The molecule has 4 rings (SSSR count). The number of carbonyl (C=O) groups excluding carboxylic acids is 2. The Bertz CT molecular complexity index is 1210. The van der Waals surface area contributed by atoms with Crippen molar-refractivity contribution in [2.75, 3.05) is 19.0 Å². The van der Waals surface area contributed by atoms with Gasteiger partial charge in [-0.05, 0) is 42.8 Å². The third-order valence-corrected chi connectivity index (χ3v) is 5.25. The predicted molar refractivity (Wildman–Crippen MR) is 120 cm³/mol. The van der Waals surface area contributed by atoms with E-state index in [0.29, 0.717) is 34.8 Å². The Balaban J connectivity index is 1.47. The van der Waals surface area contributed by atoms with E-state index in [0.717, 1.165) is 11.3 Å². The smallest absolute Gasteiger partial charge is 0.311 e. The van der Waals surface area contributed by atoms with Crippen molar-refractivity contribution in [2.45, 2.75) is 19.8 Å². The van der Waals surface area contributed by atoms with Gasteiger partial charge in [0.15, 0.2) is 10.9 Å². The molecular weight excluding hydrogens is 432 g/mol. The van der Waals surface area contributed by atoms with Crippen molar-refractivity contribution in [1.29, 1.82) is 0 Å². The number of Topliss-reactive ketones (excluding diaryl/α,β-unsaturated/α-hetero) is 1. The molecule has 3 aromatic rings. The highest BCUT2D eigenvalue weighted by atomic mass is 35.5. The van der Waals surface area contributed by atoms with Crippen LogP contribution in [-0.2, 0) is 11.2 Å². The number of aryl methyl sites for hydroxylation is 1. The van der Waals surface area contributed by atoms with E-state index < -0.39 is 5.97 Å². The van der Waals surface area contributed by atoms with E-state index in [1.807, 2.05) is 43.3 Å². The first-order valence-electron chi connectivity index (χ1n) is 9.99.